The summed E-state index contributed by atoms with van der Waals surface area (Å²) in [5, 5.41) is 2.25. The van der Waals surface area contributed by atoms with Gasteiger partial charge in [-0.3, -0.25) is 9.59 Å². The number of esters is 1. The molecule has 1 amide bonds. The molecular weight excluding hydrogens is 352 g/mol. The van der Waals surface area contributed by atoms with Crippen molar-refractivity contribution in [3.8, 4) is 0 Å². The second-order valence-electron chi connectivity index (χ2n) is 6.47. The van der Waals surface area contributed by atoms with Gasteiger partial charge in [0.05, 0.1) is 11.6 Å². The highest BCUT2D eigenvalue weighted by Gasteiger charge is 2.30. The predicted molar refractivity (Wildman–Crippen MR) is 99.2 cm³/mol. The fourth-order valence-corrected chi connectivity index (χ4v) is 2.72. The molecule has 0 heterocycles. The average Bonchev–Trinajstić information content (AvgIpc) is 2.65. The van der Waals surface area contributed by atoms with Crippen molar-refractivity contribution < 1.29 is 23.1 Å². The summed E-state index contributed by atoms with van der Waals surface area (Å²) in [6.07, 6.45) is -0.403. The molecule has 0 aliphatic heterocycles. The minimum Gasteiger partial charge on any atom is -0.452 e. The van der Waals surface area contributed by atoms with Crippen LogP contribution in [0.25, 0.3) is 0 Å². The summed E-state index contributed by atoms with van der Waals surface area (Å²) in [6.45, 7) is 5.30. The molecule has 27 heavy (non-hydrogen) atoms. The van der Waals surface area contributed by atoms with Gasteiger partial charge < -0.3 is 10.1 Å². The van der Waals surface area contributed by atoms with Gasteiger partial charge in [0.15, 0.2) is 6.10 Å². The Bertz CT molecular complexity index is 795. The lowest BCUT2D eigenvalue weighted by atomic mass is 9.85. The number of halogens is 2. The SMILES string of the molecule is CC[C@H](C)[C@@H](C(=O)O[C@@H](C)C(=O)Nc1cc(F)ccc1F)c1ccccc1. The van der Waals surface area contributed by atoms with E-state index in [1.165, 1.54) is 6.92 Å². The summed E-state index contributed by atoms with van der Waals surface area (Å²) in [5.74, 6) is -3.22. The Hall–Kier alpha value is -2.76. The number of amides is 1. The highest BCUT2D eigenvalue weighted by Crippen LogP contribution is 2.29. The fraction of sp³-hybridized carbons (Fsp3) is 0.333. The Morgan fingerprint density at radius 2 is 1.74 bits per heavy atom. The van der Waals surface area contributed by atoms with Crippen LogP contribution in [-0.2, 0) is 14.3 Å². The Labute approximate surface area is 157 Å². The molecule has 0 aliphatic carbocycles. The van der Waals surface area contributed by atoms with Crippen molar-refractivity contribution in [2.75, 3.05) is 5.32 Å². The lowest BCUT2D eigenvalue weighted by Crippen LogP contribution is -2.33. The minimum atomic E-state index is -1.16. The number of benzene rings is 2. The lowest BCUT2D eigenvalue weighted by Gasteiger charge is -2.24. The molecule has 4 nitrogen and oxygen atoms in total. The van der Waals surface area contributed by atoms with Gasteiger partial charge in [0.25, 0.3) is 5.91 Å². The number of rotatable bonds is 7. The van der Waals surface area contributed by atoms with Crippen LogP contribution in [0.2, 0.25) is 0 Å². The highest BCUT2D eigenvalue weighted by atomic mass is 19.1. The molecule has 0 aromatic heterocycles. The molecule has 144 valence electrons. The van der Waals surface area contributed by atoms with Crippen LogP contribution in [-0.4, -0.2) is 18.0 Å². The average molecular weight is 375 g/mol. The van der Waals surface area contributed by atoms with Gasteiger partial charge in [-0.2, -0.15) is 0 Å². The molecule has 2 aromatic carbocycles. The van der Waals surface area contributed by atoms with E-state index in [-0.39, 0.29) is 11.6 Å². The number of anilines is 1. The highest BCUT2D eigenvalue weighted by molar-refractivity contribution is 5.95. The van der Waals surface area contributed by atoms with E-state index >= 15 is 0 Å². The van der Waals surface area contributed by atoms with Crippen LogP contribution < -0.4 is 5.32 Å². The van der Waals surface area contributed by atoms with E-state index in [9.17, 15) is 18.4 Å². The Kier molecular flexibility index (Phi) is 7.05. The van der Waals surface area contributed by atoms with Gasteiger partial charge in [0, 0.05) is 6.07 Å². The van der Waals surface area contributed by atoms with Crippen LogP contribution in [0.1, 0.15) is 38.7 Å². The third-order valence-electron chi connectivity index (χ3n) is 4.47. The first kappa shape index (κ1) is 20.6. The van der Waals surface area contributed by atoms with E-state index in [1.54, 1.807) is 0 Å². The molecule has 0 saturated carbocycles. The maximum atomic E-state index is 13.7. The molecule has 1 N–H and O–H groups in total. The predicted octanol–water partition coefficient (Wildman–Crippen LogP) is 4.66. The van der Waals surface area contributed by atoms with Crippen molar-refractivity contribution in [2.24, 2.45) is 5.92 Å². The number of hydrogen-bond acceptors (Lipinski definition) is 3. The largest absolute Gasteiger partial charge is 0.452 e. The number of ether oxygens (including phenoxy) is 1. The van der Waals surface area contributed by atoms with E-state index < -0.39 is 35.5 Å². The number of carbonyl (C=O) groups is 2. The van der Waals surface area contributed by atoms with Crippen molar-refractivity contribution in [1.82, 2.24) is 0 Å². The van der Waals surface area contributed by atoms with Gasteiger partial charge in [0.1, 0.15) is 11.6 Å². The Morgan fingerprint density at radius 1 is 1.07 bits per heavy atom. The normalized spacial score (nSPS) is 14.1. The standard InChI is InChI=1S/C21H23F2NO3/c1-4-13(2)19(15-8-6-5-7-9-15)21(26)27-14(3)20(25)24-18-12-16(22)10-11-17(18)23/h5-14,19H,4H2,1-3H3,(H,24,25)/t13-,14-,19+/m0/s1. The maximum Gasteiger partial charge on any atom is 0.314 e. The molecule has 3 atom stereocenters. The second-order valence-corrected chi connectivity index (χ2v) is 6.47. The van der Waals surface area contributed by atoms with Crippen molar-refractivity contribution in [1.29, 1.82) is 0 Å². The first-order chi connectivity index (χ1) is 12.8. The zero-order valence-electron chi connectivity index (χ0n) is 15.5. The first-order valence-electron chi connectivity index (χ1n) is 8.84. The quantitative estimate of drug-likeness (QED) is 0.716. The van der Waals surface area contributed by atoms with Crippen molar-refractivity contribution in [3.63, 3.8) is 0 Å². The molecular formula is C21H23F2NO3. The topological polar surface area (TPSA) is 55.4 Å². The van der Waals surface area contributed by atoms with Crippen LogP contribution in [0, 0.1) is 17.6 Å². The molecule has 0 radical (unpaired) electrons. The van der Waals surface area contributed by atoms with Gasteiger partial charge in [-0.05, 0) is 30.5 Å². The third kappa shape index (κ3) is 5.36. The summed E-state index contributed by atoms with van der Waals surface area (Å²) in [4.78, 5) is 24.9. The van der Waals surface area contributed by atoms with Gasteiger partial charge in [-0.15, -0.1) is 0 Å². The summed E-state index contributed by atoms with van der Waals surface area (Å²) < 4.78 is 32.2. The van der Waals surface area contributed by atoms with E-state index in [0.29, 0.717) is 0 Å². The van der Waals surface area contributed by atoms with Gasteiger partial charge in [0.2, 0.25) is 0 Å². The summed E-state index contributed by atoms with van der Waals surface area (Å²) >= 11 is 0. The molecule has 0 spiro atoms. The Morgan fingerprint density at radius 3 is 2.37 bits per heavy atom. The Balaban J connectivity index is 2.10. The van der Waals surface area contributed by atoms with Crippen LogP contribution in [0.4, 0.5) is 14.5 Å². The van der Waals surface area contributed by atoms with Gasteiger partial charge >= 0.3 is 5.97 Å². The molecule has 2 aromatic rings. The van der Waals surface area contributed by atoms with Crippen molar-refractivity contribution in [3.05, 3.63) is 65.7 Å². The summed E-state index contributed by atoms with van der Waals surface area (Å²) in [7, 11) is 0. The minimum absolute atomic E-state index is 0.0100. The molecule has 2 rings (SSSR count). The molecule has 6 heteroatoms. The number of carbonyl (C=O) groups excluding carboxylic acids is 2. The van der Waals surface area contributed by atoms with Crippen LogP contribution >= 0.6 is 0 Å². The summed E-state index contributed by atoms with van der Waals surface area (Å²) in [6, 6.07) is 11.9. The van der Waals surface area contributed by atoms with E-state index in [0.717, 1.165) is 30.2 Å². The maximum absolute atomic E-state index is 13.7. The zero-order valence-corrected chi connectivity index (χ0v) is 15.5. The van der Waals surface area contributed by atoms with E-state index in [2.05, 4.69) is 5.32 Å². The van der Waals surface area contributed by atoms with Gasteiger partial charge in [-0.25, -0.2) is 8.78 Å². The van der Waals surface area contributed by atoms with Crippen LogP contribution in [0.15, 0.2) is 48.5 Å². The fourth-order valence-electron chi connectivity index (χ4n) is 2.72. The molecule has 0 bridgehead atoms. The smallest absolute Gasteiger partial charge is 0.314 e. The number of hydrogen-bond donors (Lipinski definition) is 1. The van der Waals surface area contributed by atoms with E-state index in [1.807, 2.05) is 44.2 Å². The summed E-state index contributed by atoms with van der Waals surface area (Å²) in [5.41, 5.74) is 0.505. The van der Waals surface area contributed by atoms with Crippen molar-refractivity contribution >= 4 is 17.6 Å². The molecule has 0 saturated heterocycles. The third-order valence-corrected chi connectivity index (χ3v) is 4.47. The second kappa shape index (κ2) is 9.26. The molecule has 0 aliphatic rings. The first-order valence-corrected chi connectivity index (χ1v) is 8.84. The zero-order chi connectivity index (χ0) is 20.0. The van der Waals surface area contributed by atoms with Crippen LogP contribution in [0.5, 0.6) is 0 Å². The van der Waals surface area contributed by atoms with Crippen LogP contribution in [0.3, 0.4) is 0 Å². The monoisotopic (exact) mass is 375 g/mol. The molecule has 0 unspecified atom stereocenters. The molecule has 0 fully saturated rings. The number of nitrogens with one attached hydrogen (secondary N) is 1. The van der Waals surface area contributed by atoms with E-state index in [4.69, 9.17) is 4.74 Å². The van der Waals surface area contributed by atoms with Gasteiger partial charge in [-0.1, -0.05) is 50.6 Å². The van der Waals surface area contributed by atoms with Crippen molar-refractivity contribution in [2.45, 2.75) is 39.2 Å². The lowest BCUT2D eigenvalue weighted by molar-refractivity contribution is -0.155.